The number of nitrogens with one attached hydrogen (secondary N) is 1. The summed E-state index contributed by atoms with van der Waals surface area (Å²) >= 11 is 0.996. The van der Waals surface area contributed by atoms with Crippen LogP contribution in [-0.2, 0) is 33.9 Å². The Bertz CT molecular complexity index is 986. The number of rotatable bonds is 8. The van der Waals surface area contributed by atoms with Gasteiger partial charge in [-0.1, -0.05) is 12.6 Å². The first-order valence-corrected chi connectivity index (χ1v) is 10.2. The first kappa shape index (κ1) is 23.5. The van der Waals surface area contributed by atoms with Crippen LogP contribution in [0.4, 0.5) is 5.13 Å². The fourth-order valence-electron chi connectivity index (χ4n) is 3.00. The van der Waals surface area contributed by atoms with E-state index in [-0.39, 0.29) is 18.3 Å². The maximum absolute atomic E-state index is 12.7. The molecule has 3 rings (SSSR count). The van der Waals surface area contributed by atoms with E-state index in [1.54, 1.807) is 0 Å². The molecule has 1 unspecified atom stereocenters. The number of carboxylic acids is 1. The van der Waals surface area contributed by atoms with Gasteiger partial charge in [0.25, 0.3) is 11.8 Å². The molecule has 16 heteroatoms. The van der Waals surface area contributed by atoms with E-state index in [0.29, 0.717) is 24.3 Å². The second kappa shape index (κ2) is 8.50. The van der Waals surface area contributed by atoms with Crippen molar-refractivity contribution in [2.24, 2.45) is 5.16 Å². The van der Waals surface area contributed by atoms with Gasteiger partial charge in [-0.25, -0.2) is 9.78 Å². The van der Waals surface area contributed by atoms with Crippen LogP contribution >= 0.6 is 11.3 Å². The first-order chi connectivity index (χ1) is 13.5. The molecule has 14 nitrogen and oxygen atoms in total. The van der Waals surface area contributed by atoms with Crippen molar-refractivity contribution in [3.8, 4) is 0 Å². The number of aliphatic carboxylic acids is 1. The molecule has 1 aromatic rings. The molecule has 1 saturated carbocycles. The number of thiazole rings is 1. The number of nitrogen functional groups attached to an aromatic ring is 1. The number of carbonyl (C=O) groups excluding carboxylic acids is 2. The molecule has 2 heterocycles. The monoisotopic (exact) mass is 465 g/mol. The van der Waals surface area contributed by atoms with Crippen LogP contribution in [-0.4, -0.2) is 69.8 Å². The number of anilines is 1. The van der Waals surface area contributed by atoms with Gasteiger partial charge in [0, 0.05) is 5.38 Å². The van der Waals surface area contributed by atoms with Crippen LogP contribution in [0.25, 0.3) is 0 Å². The Labute approximate surface area is 174 Å². The number of β-lactam (4-membered cyclic amide) rings is 1. The number of carboxylic acid groups (broad SMARTS) is 1. The van der Waals surface area contributed by atoms with Crippen LogP contribution in [0.5, 0.6) is 0 Å². The lowest BCUT2D eigenvalue weighted by molar-refractivity contribution is -0.243. The fourth-order valence-corrected chi connectivity index (χ4v) is 3.96. The summed E-state index contributed by atoms with van der Waals surface area (Å²) in [5, 5.41) is 16.5. The molecule has 0 aromatic carbocycles. The number of hydrogen-bond acceptors (Lipinski definition) is 11. The first-order valence-electron chi connectivity index (χ1n) is 7.98. The Balaban J connectivity index is 0.00000320. The van der Waals surface area contributed by atoms with E-state index >= 15 is 0 Å². The van der Waals surface area contributed by atoms with E-state index in [1.165, 1.54) is 5.38 Å². The minimum atomic E-state index is -4.92. The highest BCUT2D eigenvalue weighted by Crippen LogP contribution is 2.48. The molecular weight excluding hydrogens is 446 g/mol. The van der Waals surface area contributed by atoms with Crippen LogP contribution in [0.1, 0.15) is 32.4 Å². The van der Waals surface area contributed by atoms with E-state index in [2.05, 4.69) is 24.6 Å². The highest BCUT2D eigenvalue weighted by Gasteiger charge is 2.66. The summed E-state index contributed by atoms with van der Waals surface area (Å²) in [6, 6.07) is -1.15. The van der Waals surface area contributed by atoms with E-state index in [4.69, 9.17) is 15.4 Å². The molecule has 2 aliphatic rings. The van der Waals surface area contributed by atoms with E-state index < -0.39 is 52.1 Å². The molecule has 1 aliphatic carbocycles. The molecule has 1 atom stereocenters. The Kier molecular flexibility index (Phi) is 6.65. The van der Waals surface area contributed by atoms with Crippen molar-refractivity contribution in [3.05, 3.63) is 11.1 Å². The molecule has 0 bridgehead atoms. The fraction of sp³-hybridized carbons (Fsp3) is 0.500. The van der Waals surface area contributed by atoms with Crippen molar-refractivity contribution in [2.45, 2.75) is 38.3 Å². The zero-order valence-electron chi connectivity index (χ0n) is 14.5. The van der Waals surface area contributed by atoms with Gasteiger partial charge in [0.1, 0.15) is 17.3 Å². The predicted molar refractivity (Wildman–Crippen MR) is 101 cm³/mol. The summed E-state index contributed by atoms with van der Waals surface area (Å²) in [4.78, 5) is 44.0. The number of nitrogens with two attached hydrogens (primary N) is 1. The van der Waals surface area contributed by atoms with Crippen LogP contribution in [0, 0.1) is 0 Å². The van der Waals surface area contributed by atoms with Gasteiger partial charge in [-0.3, -0.25) is 14.1 Å². The number of hydrogen-bond donors (Lipinski definition) is 4. The molecule has 5 N–H and O–H groups in total. The number of carbonyl (C=O) groups is 3. The summed E-state index contributed by atoms with van der Waals surface area (Å²) in [5.41, 5.74) is 3.98. The van der Waals surface area contributed by atoms with E-state index in [0.717, 1.165) is 11.3 Å². The molecule has 166 valence electrons. The van der Waals surface area contributed by atoms with Crippen molar-refractivity contribution < 1.29 is 41.6 Å². The molecular formula is C14H19N5O9S2. The van der Waals surface area contributed by atoms with Crippen LogP contribution < -0.4 is 11.1 Å². The Morgan fingerprint density at radius 2 is 2.13 bits per heavy atom. The smallest absolute Gasteiger partial charge is 0.418 e. The quantitative estimate of drug-likeness (QED) is 0.161. The Morgan fingerprint density at radius 1 is 1.47 bits per heavy atom. The van der Waals surface area contributed by atoms with Gasteiger partial charge in [-0.2, -0.15) is 13.5 Å². The third-order valence-corrected chi connectivity index (χ3v) is 5.39. The van der Waals surface area contributed by atoms with Gasteiger partial charge in [-0.05, 0) is 19.3 Å². The summed E-state index contributed by atoms with van der Waals surface area (Å²) in [6.45, 7) is -0.821. The molecule has 1 spiro atoms. The summed E-state index contributed by atoms with van der Waals surface area (Å²) in [5.74, 6) is -3.14. The van der Waals surface area contributed by atoms with Gasteiger partial charge in [-0.15, -0.1) is 15.6 Å². The van der Waals surface area contributed by atoms with Crippen LogP contribution in [0.3, 0.4) is 0 Å². The predicted octanol–water partition coefficient (Wildman–Crippen LogP) is -0.849. The number of aromatic nitrogens is 1. The average Bonchev–Trinajstić information content (AvgIpc) is 3.00. The number of hydroxylamine groups is 2. The lowest BCUT2D eigenvalue weighted by atomic mass is 9.65. The SMILES string of the molecule is C.Nc1nc(/C(=N/OCC(=O)O)C(=O)NC2C(=O)N(OS(=O)(=O)O)C23CCC3)cs1. The van der Waals surface area contributed by atoms with Crippen molar-refractivity contribution in [3.63, 3.8) is 0 Å². The van der Waals surface area contributed by atoms with Gasteiger partial charge in [0.2, 0.25) is 6.61 Å². The van der Waals surface area contributed by atoms with Gasteiger partial charge >= 0.3 is 16.4 Å². The largest absolute Gasteiger partial charge is 0.479 e. The van der Waals surface area contributed by atoms with Crippen molar-refractivity contribution in [1.29, 1.82) is 0 Å². The second-order valence-corrected chi connectivity index (χ2v) is 8.07. The van der Waals surface area contributed by atoms with Crippen molar-refractivity contribution >= 4 is 50.4 Å². The lowest BCUT2D eigenvalue weighted by Crippen LogP contribution is -2.81. The average molecular weight is 465 g/mol. The Morgan fingerprint density at radius 3 is 2.60 bits per heavy atom. The minimum Gasteiger partial charge on any atom is -0.479 e. The minimum absolute atomic E-state index is 0. The molecule has 1 aliphatic heterocycles. The molecule has 30 heavy (non-hydrogen) atoms. The van der Waals surface area contributed by atoms with Crippen LogP contribution in [0.2, 0.25) is 0 Å². The zero-order chi connectivity index (χ0) is 21.4. The number of nitrogens with zero attached hydrogens (tertiary/aromatic N) is 3. The summed E-state index contributed by atoms with van der Waals surface area (Å²) in [6.07, 6.45) is 1.28. The van der Waals surface area contributed by atoms with Gasteiger partial charge in [0.15, 0.2) is 10.8 Å². The van der Waals surface area contributed by atoms with E-state index in [1.807, 2.05) is 0 Å². The van der Waals surface area contributed by atoms with Crippen molar-refractivity contribution in [2.75, 3.05) is 12.3 Å². The lowest BCUT2D eigenvalue weighted by Gasteiger charge is -2.59. The van der Waals surface area contributed by atoms with Crippen LogP contribution in [0.15, 0.2) is 10.5 Å². The summed E-state index contributed by atoms with van der Waals surface area (Å²) in [7, 11) is -4.92. The van der Waals surface area contributed by atoms with E-state index in [9.17, 15) is 22.8 Å². The standard InChI is InChI=1S/C13H15N5O9S2.CH4/c14-12-15-6(5-28-12)8(17-26-4-7(19)20)10(21)16-9-11(22)18(27-29(23,24)25)13(9)2-1-3-13;/h5,9H,1-4H2,(H2,14,15)(H,16,21)(H,19,20)(H,23,24,25);1H4/b17-8-;. The third-order valence-electron chi connectivity index (χ3n) is 4.38. The maximum atomic E-state index is 12.7. The van der Waals surface area contributed by atoms with Gasteiger partial charge < -0.3 is 21.0 Å². The second-order valence-electron chi connectivity index (χ2n) is 6.18. The molecule has 2 amide bonds. The maximum Gasteiger partial charge on any atom is 0.418 e. The topological polar surface area (TPSA) is 211 Å². The molecule has 1 saturated heterocycles. The molecule has 2 fully saturated rings. The molecule has 1 aromatic heterocycles. The van der Waals surface area contributed by atoms with Crippen molar-refractivity contribution in [1.82, 2.24) is 15.4 Å². The highest BCUT2D eigenvalue weighted by molar-refractivity contribution is 7.80. The number of oxime groups is 1. The normalized spacial score (nSPS) is 20.0. The number of amides is 2. The van der Waals surface area contributed by atoms with Gasteiger partial charge in [0.05, 0.1) is 0 Å². The molecule has 0 radical (unpaired) electrons. The summed E-state index contributed by atoms with van der Waals surface area (Å²) < 4.78 is 35.1. The zero-order valence-corrected chi connectivity index (χ0v) is 16.1. The third kappa shape index (κ3) is 4.50. The Hall–Kier alpha value is -2.82. The highest BCUT2D eigenvalue weighted by atomic mass is 32.3.